The Balaban J connectivity index is 3.32. The largest absolute Gasteiger partial charge is 0.481 e. The van der Waals surface area contributed by atoms with Gasteiger partial charge in [-0.25, -0.2) is 0 Å². The van der Waals surface area contributed by atoms with Crippen LogP contribution in [0.1, 0.15) is 110 Å². The molecule has 0 aromatic rings. The summed E-state index contributed by atoms with van der Waals surface area (Å²) < 4.78 is 0. The van der Waals surface area contributed by atoms with Crippen molar-refractivity contribution in [3.8, 4) is 0 Å². The standard InChI is InChI=1S/C21H40O2/c1-3-5-6-7-8-9-10-11-12-13-14-15-16-17-19-20(18-4-2)21(22)23/h15-16,20H,3-14,17-19H2,1-2H3,(H,22,23). The Morgan fingerprint density at radius 1 is 0.739 bits per heavy atom. The number of aliphatic carboxylic acids is 1. The summed E-state index contributed by atoms with van der Waals surface area (Å²) in [6.45, 7) is 4.32. The maximum Gasteiger partial charge on any atom is 0.306 e. The molecule has 0 radical (unpaired) electrons. The number of carboxylic acid groups (broad SMARTS) is 1. The molecule has 0 heterocycles. The summed E-state index contributed by atoms with van der Waals surface area (Å²) in [6, 6.07) is 0. The molecule has 0 spiro atoms. The fourth-order valence-corrected chi connectivity index (χ4v) is 3.02. The van der Waals surface area contributed by atoms with Crippen LogP contribution in [0.15, 0.2) is 12.2 Å². The molecule has 1 unspecified atom stereocenters. The normalized spacial score (nSPS) is 12.8. The van der Waals surface area contributed by atoms with Crippen LogP contribution in [0.3, 0.4) is 0 Å². The minimum Gasteiger partial charge on any atom is -0.481 e. The van der Waals surface area contributed by atoms with Gasteiger partial charge in [0.1, 0.15) is 0 Å². The van der Waals surface area contributed by atoms with Crippen LogP contribution < -0.4 is 0 Å². The van der Waals surface area contributed by atoms with Crippen molar-refractivity contribution in [2.24, 2.45) is 5.92 Å². The first-order valence-corrected chi connectivity index (χ1v) is 10.1. The monoisotopic (exact) mass is 324 g/mol. The van der Waals surface area contributed by atoms with Crippen molar-refractivity contribution in [1.82, 2.24) is 0 Å². The second-order valence-corrected chi connectivity index (χ2v) is 6.84. The molecule has 1 N–H and O–H groups in total. The Labute approximate surface area is 144 Å². The van der Waals surface area contributed by atoms with E-state index in [9.17, 15) is 4.79 Å². The molecule has 0 aromatic carbocycles. The van der Waals surface area contributed by atoms with Crippen molar-refractivity contribution in [2.45, 2.75) is 110 Å². The van der Waals surface area contributed by atoms with Crippen molar-refractivity contribution in [1.29, 1.82) is 0 Å². The van der Waals surface area contributed by atoms with Crippen LogP contribution in [0.2, 0.25) is 0 Å². The number of hydrogen-bond acceptors (Lipinski definition) is 1. The van der Waals surface area contributed by atoms with E-state index in [0.717, 1.165) is 32.1 Å². The highest BCUT2D eigenvalue weighted by atomic mass is 16.4. The number of carbonyl (C=O) groups is 1. The van der Waals surface area contributed by atoms with E-state index < -0.39 is 5.97 Å². The van der Waals surface area contributed by atoms with Gasteiger partial charge in [0, 0.05) is 0 Å². The molecule has 23 heavy (non-hydrogen) atoms. The summed E-state index contributed by atoms with van der Waals surface area (Å²) in [5.41, 5.74) is 0. The molecule has 0 fully saturated rings. The zero-order valence-electron chi connectivity index (χ0n) is 15.7. The van der Waals surface area contributed by atoms with Crippen LogP contribution in [0.25, 0.3) is 0 Å². The first-order chi connectivity index (χ1) is 11.2. The molecule has 0 aliphatic rings. The van der Waals surface area contributed by atoms with Gasteiger partial charge in [0.05, 0.1) is 5.92 Å². The first-order valence-electron chi connectivity index (χ1n) is 10.1. The van der Waals surface area contributed by atoms with Gasteiger partial charge in [0.25, 0.3) is 0 Å². The summed E-state index contributed by atoms with van der Waals surface area (Å²) >= 11 is 0. The zero-order chi connectivity index (χ0) is 17.2. The molecule has 0 rings (SSSR count). The number of rotatable bonds is 17. The average molecular weight is 325 g/mol. The van der Waals surface area contributed by atoms with Crippen LogP contribution in [0, 0.1) is 5.92 Å². The molecule has 136 valence electrons. The second kappa shape index (κ2) is 17.6. The number of allylic oxidation sites excluding steroid dienone is 2. The van der Waals surface area contributed by atoms with Gasteiger partial charge in [-0.1, -0.05) is 90.2 Å². The van der Waals surface area contributed by atoms with Crippen LogP contribution in [0.5, 0.6) is 0 Å². The van der Waals surface area contributed by atoms with E-state index in [1.54, 1.807) is 0 Å². The molecule has 2 heteroatoms. The van der Waals surface area contributed by atoms with Gasteiger partial charge in [0.2, 0.25) is 0 Å². The summed E-state index contributed by atoms with van der Waals surface area (Å²) in [4.78, 5) is 11.0. The van der Waals surface area contributed by atoms with E-state index >= 15 is 0 Å². The Hall–Kier alpha value is -0.790. The predicted molar refractivity (Wildman–Crippen MR) is 101 cm³/mol. The molecule has 0 saturated carbocycles. The third kappa shape index (κ3) is 15.9. The molecule has 1 atom stereocenters. The van der Waals surface area contributed by atoms with Crippen LogP contribution in [-0.2, 0) is 4.79 Å². The molecule has 0 aliphatic carbocycles. The number of hydrogen-bond donors (Lipinski definition) is 1. The van der Waals surface area contributed by atoms with E-state index in [1.807, 2.05) is 0 Å². The fourth-order valence-electron chi connectivity index (χ4n) is 3.02. The minimum atomic E-state index is -0.630. The number of carboxylic acids is 1. The zero-order valence-corrected chi connectivity index (χ0v) is 15.7. The molecule has 0 bridgehead atoms. The Morgan fingerprint density at radius 3 is 1.78 bits per heavy atom. The maximum atomic E-state index is 11.0. The maximum absolute atomic E-state index is 11.0. The number of unbranched alkanes of at least 4 members (excludes halogenated alkanes) is 10. The summed E-state index contributed by atoms with van der Waals surface area (Å²) in [6.07, 6.45) is 22.8. The topological polar surface area (TPSA) is 37.3 Å². The Bertz CT molecular complexity index is 284. The third-order valence-corrected chi connectivity index (χ3v) is 4.56. The molecular formula is C21H40O2. The van der Waals surface area contributed by atoms with Gasteiger partial charge in [0.15, 0.2) is 0 Å². The third-order valence-electron chi connectivity index (χ3n) is 4.56. The molecule has 0 amide bonds. The van der Waals surface area contributed by atoms with Gasteiger partial charge >= 0.3 is 5.97 Å². The van der Waals surface area contributed by atoms with Crippen molar-refractivity contribution in [3.05, 3.63) is 12.2 Å². The van der Waals surface area contributed by atoms with E-state index in [-0.39, 0.29) is 5.92 Å². The smallest absolute Gasteiger partial charge is 0.306 e. The summed E-state index contributed by atoms with van der Waals surface area (Å²) in [7, 11) is 0. The van der Waals surface area contributed by atoms with Crippen LogP contribution in [0.4, 0.5) is 0 Å². The first kappa shape index (κ1) is 22.2. The lowest BCUT2D eigenvalue weighted by Gasteiger charge is -2.08. The molecule has 0 aromatic heterocycles. The van der Waals surface area contributed by atoms with Gasteiger partial charge in [-0.15, -0.1) is 0 Å². The SMILES string of the molecule is CCCCCCCCCCCCC=CCCC(CCC)C(=O)O. The van der Waals surface area contributed by atoms with Gasteiger partial charge in [-0.3, -0.25) is 4.79 Å². The van der Waals surface area contributed by atoms with Gasteiger partial charge in [-0.2, -0.15) is 0 Å². The van der Waals surface area contributed by atoms with Crippen LogP contribution in [-0.4, -0.2) is 11.1 Å². The average Bonchev–Trinajstić information content (AvgIpc) is 2.54. The molecular weight excluding hydrogens is 284 g/mol. The highest BCUT2D eigenvalue weighted by molar-refractivity contribution is 5.69. The Kier molecular flexibility index (Phi) is 17.0. The van der Waals surface area contributed by atoms with Crippen molar-refractivity contribution >= 4 is 5.97 Å². The van der Waals surface area contributed by atoms with E-state index in [1.165, 1.54) is 64.2 Å². The fraction of sp³-hybridized carbons (Fsp3) is 0.857. The van der Waals surface area contributed by atoms with Crippen LogP contribution >= 0.6 is 0 Å². The lowest BCUT2D eigenvalue weighted by atomic mass is 9.98. The molecule has 2 nitrogen and oxygen atoms in total. The Morgan fingerprint density at radius 2 is 1.26 bits per heavy atom. The summed E-state index contributed by atoms with van der Waals surface area (Å²) in [5, 5.41) is 9.08. The lowest BCUT2D eigenvalue weighted by Crippen LogP contribution is -2.12. The van der Waals surface area contributed by atoms with E-state index in [4.69, 9.17) is 5.11 Å². The quantitative estimate of drug-likeness (QED) is 0.228. The highest BCUT2D eigenvalue weighted by Gasteiger charge is 2.14. The molecule has 0 saturated heterocycles. The second-order valence-electron chi connectivity index (χ2n) is 6.84. The lowest BCUT2D eigenvalue weighted by molar-refractivity contribution is -0.142. The predicted octanol–water partition coefficient (Wildman–Crippen LogP) is 7.13. The molecule has 0 aliphatic heterocycles. The van der Waals surface area contributed by atoms with Crippen molar-refractivity contribution < 1.29 is 9.90 Å². The van der Waals surface area contributed by atoms with Gasteiger partial charge in [-0.05, 0) is 32.1 Å². The van der Waals surface area contributed by atoms with Gasteiger partial charge < -0.3 is 5.11 Å². The highest BCUT2D eigenvalue weighted by Crippen LogP contribution is 2.15. The van der Waals surface area contributed by atoms with E-state index in [2.05, 4.69) is 26.0 Å². The van der Waals surface area contributed by atoms with E-state index in [0.29, 0.717) is 0 Å². The summed E-state index contributed by atoms with van der Waals surface area (Å²) in [5.74, 6) is -0.781. The minimum absolute atomic E-state index is 0.151. The van der Waals surface area contributed by atoms with Crippen molar-refractivity contribution in [3.63, 3.8) is 0 Å². The van der Waals surface area contributed by atoms with Crippen molar-refractivity contribution in [2.75, 3.05) is 0 Å².